The highest BCUT2D eigenvalue weighted by molar-refractivity contribution is 7.98. The van der Waals surface area contributed by atoms with Crippen molar-refractivity contribution in [3.8, 4) is 0 Å². The van der Waals surface area contributed by atoms with Crippen LogP contribution in [0.3, 0.4) is 0 Å². The van der Waals surface area contributed by atoms with E-state index in [-0.39, 0.29) is 5.91 Å². The summed E-state index contributed by atoms with van der Waals surface area (Å²) in [6.45, 7) is 2.54. The van der Waals surface area contributed by atoms with Gasteiger partial charge in [0.25, 0.3) is 5.91 Å². The minimum atomic E-state index is 0.0127. The molecule has 3 rings (SSSR count). The third-order valence-corrected chi connectivity index (χ3v) is 5.90. The molecule has 2 aromatic rings. The van der Waals surface area contributed by atoms with Crippen molar-refractivity contribution in [1.82, 2.24) is 10.6 Å². The molecule has 1 aliphatic heterocycles. The van der Waals surface area contributed by atoms with E-state index in [2.05, 4.69) is 34.2 Å². The summed E-state index contributed by atoms with van der Waals surface area (Å²) in [6.07, 6.45) is 3.18. The summed E-state index contributed by atoms with van der Waals surface area (Å²) >= 11 is 3.47. The van der Waals surface area contributed by atoms with E-state index < -0.39 is 0 Å². The summed E-state index contributed by atoms with van der Waals surface area (Å²) in [5.74, 6) is 0.914. The molecule has 0 saturated carbocycles. The minimum Gasteiger partial charge on any atom is -0.348 e. The maximum Gasteiger partial charge on any atom is 0.252 e. The Hall–Kier alpha value is -1.56. The Morgan fingerprint density at radius 1 is 1.26 bits per heavy atom. The first-order chi connectivity index (χ1) is 11.3. The van der Waals surface area contributed by atoms with E-state index in [0.717, 1.165) is 35.7 Å². The van der Waals surface area contributed by atoms with E-state index in [1.54, 1.807) is 23.1 Å². The molecule has 2 N–H and O–H groups in total. The van der Waals surface area contributed by atoms with E-state index in [9.17, 15) is 4.79 Å². The van der Waals surface area contributed by atoms with E-state index in [1.165, 1.54) is 10.5 Å². The number of nitrogens with one attached hydrogen (secondary N) is 2. The topological polar surface area (TPSA) is 41.1 Å². The molecule has 2 heterocycles. The van der Waals surface area contributed by atoms with Crippen molar-refractivity contribution in [1.29, 1.82) is 0 Å². The van der Waals surface area contributed by atoms with Crippen molar-refractivity contribution < 1.29 is 4.79 Å². The SMILES string of the molecule is O=C(NCC1=CCNCC1)c1ccccc1SCc1cccs1. The van der Waals surface area contributed by atoms with Gasteiger partial charge in [0.15, 0.2) is 0 Å². The standard InChI is InChI=1S/C18H20N2OS2/c21-18(20-12-14-7-9-19-10-8-14)16-5-1-2-6-17(16)23-13-15-4-3-11-22-15/h1-7,11,19H,8-10,12-13H2,(H,20,21). The molecule has 0 bridgehead atoms. The van der Waals surface area contributed by atoms with Gasteiger partial charge in [-0.25, -0.2) is 0 Å². The molecule has 1 aromatic carbocycles. The first-order valence-electron chi connectivity index (χ1n) is 7.74. The highest BCUT2D eigenvalue weighted by Crippen LogP contribution is 2.27. The summed E-state index contributed by atoms with van der Waals surface area (Å²) in [4.78, 5) is 14.9. The minimum absolute atomic E-state index is 0.0127. The van der Waals surface area contributed by atoms with Gasteiger partial charge in [-0.05, 0) is 36.5 Å². The highest BCUT2D eigenvalue weighted by atomic mass is 32.2. The fourth-order valence-corrected chi connectivity index (χ4v) is 4.27. The number of amides is 1. The number of benzene rings is 1. The quantitative estimate of drug-likeness (QED) is 0.620. The van der Waals surface area contributed by atoms with E-state index in [0.29, 0.717) is 6.54 Å². The van der Waals surface area contributed by atoms with Gasteiger partial charge in [-0.2, -0.15) is 0 Å². The van der Waals surface area contributed by atoms with Gasteiger partial charge in [0, 0.05) is 28.6 Å². The van der Waals surface area contributed by atoms with Gasteiger partial charge in [0.05, 0.1) is 5.56 Å². The van der Waals surface area contributed by atoms with Gasteiger partial charge >= 0.3 is 0 Å². The van der Waals surface area contributed by atoms with Crippen molar-refractivity contribution in [2.24, 2.45) is 0 Å². The second-order valence-electron chi connectivity index (χ2n) is 5.36. The zero-order valence-electron chi connectivity index (χ0n) is 12.9. The number of carbonyl (C=O) groups excluding carboxylic acids is 1. The third-order valence-electron chi connectivity index (χ3n) is 3.72. The smallest absolute Gasteiger partial charge is 0.252 e. The zero-order chi connectivity index (χ0) is 15.9. The van der Waals surface area contributed by atoms with Crippen molar-refractivity contribution in [2.45, 2.75) is 17.1 Å². The zero-order valence-corrected chi connectivity index (χ0v) is 14.5. The van der Waals surface area contributed by atoms with Crippen LogP contribution in [-0.2, 0) is 5.75 Å². The third kappa shape index (κ3) is 4.70. The Morgan fingerprint density at radius 2 is 2.17 bits per heavy atom. The number of hydrogen-bond donors (Lipinski definition) is 2. The average Bonchev–Trinajstić information content (AvgIpc) is 3.12. The Morgan fingerprint density at radius 3 is 2.96 bits per heavy atom. The van der Waals surface area contributed by atoms with Crippen LogP contribution in [0, 0.1) is 0 Å². The predicted octanol–water partition coefficient (Wildman–Crippen LogP) is 3.69. The van der Waals surface area contributed by atoms with Crippen LogP contribution in [0.2, 0.25) is 0 Å². The molecular weight excluding hydrogens is 324 g/mol. The van der Waals surface area contributed by atoms with Crippen LogP contribution in [0.15, 0.2) is 58.3 Å². The van der Waals surface area contributed by atoms with Crippen LogP contribution in [-0.4, -0.2) is 25.5 Å². The molecule has 120 valence electrons. The molecule has 23 heavy (non-hydrogen) atoms. The molecule has 0 fully saturated rings. The molecule has 0 spiro atoms. The lowest BCUT2D eigenvalue weighted by Gasteiger charge is -2.15. The summed E-state index contributed by atoms with van der Waals surface area (Å²) in [6, 6.07) is 12.0. The number of rotatable bonds is 6. The molecule has 1 aliphatic rings. The van der Waals surface area contributed by atoms with E-state index in [1.807, 2.05) is 24.3 Å². The molecule has 0 unspecified atom stereocenters. The Bertz CT molecular complexity index is 680. The summed E-state index contributed by atoms with van der Waals surface area (Å²) < 4.78 is 0. The van der Waals surface area contributed by atoms with Gasteiger partial charge in [0.1, 0.15) is 0 Å². The normalized spacial score (nSPS) is 14.3. The molecule has 5 heteroatoms. The van der Waals surface area contributed by atoms with Crippen LogP contribution in [0.1, 0.15) is 21.7 Å². The van der Waals surface area contributed by atoms with Gasteiger partial charge in [-0.15, -0.1) is 23.1 Å². The molecule has 0 radical (unpaired) electrons. The van der Waals surface area contributed by atoms with Crippen LogP contribution < -0.4 is 10.6 Å². The fourth-order valence-electron chi connectivity index (χ4n) is 2.44. The van der Waals surface area contributed by atoms with E-state index in [4.69, 9.17) is 0 Å². The molecule has 1 amide bonds. The average molecular weight is 345 g/mol. The van der Waals surface area contributed by atoms with Gasteiger partial charge in [-0.3, -0.25) is 4.79 Å². The van der Waals surface area contributed by atoms with Crippen LogP contribution >= 0.6 is 23.1 Å². The van der Waals surface area contributed by atoms with Crippen LogP contribution in [0.4, 0.5) is 0 Å². The van der Waals surface area contributed by atoms with Gasteiger partial charge in [0.2, 0.25) is 0 Å². The first kappa shape index (κ1) is 16.3. The lowest BCUT2D eigenvalue weighted by molar-refractivity contribution is 0.0953. The van der Waals surface area contributed by atoms with Crippen molar-refractivity contribution in [2.75, 3.05) is 19.6 Å². The number of thioether (sulfide) groups is 1. The Kier molecular flexibility index (Phi) is 5.91. The fraction of sp³-hybridized carbons (Fsp3) is 0.278. The number of thiophene rings is 1. The number of carbonyl (C=O) groups is 1. The summed E-state index contributed by atoms with van der Waals surface area (Å²) in [5, 5.41) is 8.42. The summed E-state index contributed by atoms with van der Waals surface area (Å²) in [7, 11) is 0. The lowest BCUT2D eigenvalue weighted by Crippen LogP contribution is -2.29. The highest BCUT2D eigenvalue weighted by Gasteiger charge is 2.12. The molecule has 0 aliphatic carbocycles. The monoisotopic (exact) mass is 344 g/mol. The summed E-state index contributed by atoms with van der Waals surface area (Å²) in [5.41, 5.74) is 2.07. The second-order valence-corrected chi connectivity index (χ2v) is 7.41. The van der Waals surface area contributed by atoms with Crippen molar-refractivity contribution >= 4 is 29.0 Å². The first-order valence-corrected chi connectivity index (χ1v) is 9.60. The molecule has 1 aromatic heterocycles. The van der Waals surface area contributed by atoms with Gasteiger partial charge < -0.3 is 10.6 Å². The lowest BCUT2D eigenvalue weighted by atomic mass is 10.1. The van der Waals surface area contributed by atoms with Crippen LogP contribution in [0.5, 0.6) is 0 Å². The largest absolute Gasteiger partial charge is 0.348 e. The van der Waals surface area contributed by atoms with Crippen LogP contribution in [0.25, 0.3) is 0 Å². The molecular formula is C18H20N2OS2. The Labute approximate surface area is 145 Å². The van der Waals surface area contributed by atoms with Crippen molar-refractivity contribution in [3.63, 3.8) is 0 Å². The maximum absolute atomic E-state index is 12.5. The number of hydrogen-bond acceptors (Lipinski definition) is 4. The second kappa shape index (κ2) is 8.34. The van der Waals surface area contributed by atoms with Crippen molar-refractivity contribution in [3.05, 3.63) is 63.9 Å². The molecule has 0 saturated heterocycles. The maximum atomic E-state index is 12.5. The predicted molar refractivity (Wildman–Crippen MR) is 98.2 cm³/mol. The molecule has 0 atom stereocenters. The van der Waals surface area contributed by atoms with E-state index >= 15 is 0 Å². The van der Waals surface area contributed by atoms with Gasteiger partial charge in [-0.1, -0.05) is 29.8 Å². The molecule has 3 nitrogen and oxygen atoms in total. The Balaban J connectivity index is 1.61.